The minimum Gasteiger partial charge on any atom is -0.440 e. The van der Waals surface area contributed by atoms with Gasteiger partial charge in [-0.15, -0.1) is 0 Å². The average molecular weight is 237 g/mol. The normalized spacial score (nSPS) is 29.3. The van der Waals surface area contributed by atoms with Crippen LogP contribution in [0.3, 0.4) is 0 Å². The molecule has 0 spiro atoms. The first-order valence-electron chi connectivity index (χ1n) is 5.44. The number of halogens is 3. The Morgan fingerprint density at radius 3 is 2.31 bits per heavy atom. The SMILES string of the molecule is O=C(OCC(F)(F)F)N1CC2CCC[C@H]2C1. The monoisotopic (exact) mass is 237 g/mol. The summed E-state index contributed by atoms with van der Waals surface area (Å²) in [5, 5.41) is 0. The number of alkyl halides is 3. The van der Waals surface area contributed by atoms with Crippen molar-refractivity contribution in [2.24, 2.45) is 11.8 Å². The Bertz CT molecular complexity index is 268. The Balaban J connectivity index is 1.79. The second-order valence-corrected chi connectivity index (χ2v) is 4.53. The summed E-state index contributed by atoms with van der Waals surface area (Å²) in [7, 11) is 0. The zero-order chi connectivity index (χ0) is 11.8. The fraction of sp³-hybridized carbons (Fsp3) is 0.900. The lowest BCUT2D eigenvalue weighted by molar-refractivity contribution is -0.162. The van der Waals surface area contributed by atoms with Crippen LogP contribution in [0.5, 0.6) is 0 Å². The molecule has 6 heteroatoms. The number of rotatable bonds is 1. The van der Waals surface area contributed by atoms with Crippen molar-refractivity contribution < 1.29 is 22.7 Å². The van der Waals surface area contributed by atoms with E-state index in [0.717, 1.165) is 12.8 Å². The van der Waals surface area contributed by atoms with Crippen LogP contribution in [-0.4, -0.2) is 36.9 Å². The van der Waals surface area contributed by atoms with E-state index in [1.165, 1.54) is 11.3 Å². The largest absolute Gasteiger partial charge is 0.440 e. The van der Waals surface area contributed by atoms with Gasteiger partial charge in [-0.3, -0.25) is 0 Å². The summed E-state index contributed by atoms with van der Waals surface area (Å²) in [5.41, 5.74) is 0. The summed E-state index contributed by atoms with van der Waals surface area (Å²) in [4.78, 5) is 12.7. The zero-order valence-electron chi connectivity index (χ0n) is 8.79. The third kappa shape index (κ3) is 2.59. The summed E-state index contributed by atoms with van der Waals surface area (Å²) in [6.07, 6.45) is -1.94. The predicted molar refractivity (Wildman–Crippen MR) is 49.8 cm³/mol. The molecule has 2 atom stereocenters. The van der Waals surface area contributed by atoms with Crippen LogP contribution in [0.1, 0.15) is 19.3 Å². The van der Waals surface area contributed by atoms with Gasteiger partial charge in [0.15, 0.2) is 6.61 Å². The maximum absolute atomic E-state index is 11.8. The second-order valence-electron chi connectivity index (χ2n) is 4.53. The van der Waals surface area contributed by atoms with Crippen LogP contribution in [0.25, 0.3) is 0 Å². The molecule has 1 unspecified atom stereocenters. The summed E-state index contributed by atoms with van der Waals surface area (Å²) in [6, 6.07) is 0. The number of carbonyl (C=O) groups is 1. The van der Waals surface area contributed by atoms with E-state index in [0.29, 0.717) is 24.9 Å². The van der Waals surface area contributed by atoms with Gasteiger partial charge in [0.1, 0.15) is 0 Å². The van der Waals surface area contributed by atoms with Crippen LogP contribution >= 0.6 is 0 Å². The summed E-state index contributed by atoms with van der Waals surface area (Å²) >= 11 is 0. The molecule has 2 rings (SSSR count). The van der Waals surface area contributed by atoms with Gasteiger partial charge in [-0.25, -0.2) is 4.79 Å². The number of carbonyl (C=O) groups excluding carboxylic acids is 1. The average Bonchev–Trinajstić information content (AvgIpc) is 2.71. The number of nitrogens with zero attached hydrogens (tertiary/aromatic N) is 1. The third-order valence-corrected chi connectivity index (χ3v) is 3.34. The van der Waals surface area contributed by atoms with Gasteiger partial charge in [-0.1, -0.05) is 6.42 Å². The summed E-state index contributed by atoms with van der Waals surface area (Å²) in [5.74, 6) is 0.942. The van der Waals surface area contributed by atoms with Gasteiger partial charge in [-0.2, -0.15) is 13.2 Å². The molecule has 0 radical (unpaired) electrons. The molecule has 1 saturated carbocycles. The van der Waals surface area contributed by atoms with E-state index >= 15 is 0 Å². The Kier molecular flexibility index (Phi) is 2.99. The number of amides is 1. The predicted octanol–water partition coefficient (Wildman–Crippen LogP) is 2.42. The van der Waals surface area contributed by atoms with Crippen LogP contribution in [0.2, 0.25) is 0 Å². The lowest BCUT2D eigenvalue weighted by Gasteiger charge is -2.17. The minimum atomic E-state index is -4.44. The van der Waals surface area contributed by atoms with E-state index in [1.54, 1.807) is 0 Å². The molecular weight excluding hydrogens is 223 g/mol. The number of hydrogen-bond donors (Lipinski definition) is 0. The minimum absolute atomic E-state index is 0.471. The molecule has 0 aromatic heterocycles. The molecule has 0 aromatic rings. The third-order valence-electron chi connectivity index (χ3n) is 3.34. The van der Waals surface area contributed by atoms with Gasteiger partial charge in [0.25, 0.3) is 0 Å². The van der Waals surface area contributed by atoms with E-state index in [-0.39, 0.29) is 0 Å². The highest BCUT2D eigenvalue weighted by Crippen LogP contribution is 2.37. The first-order chi connectivity index (χ1) is 7.46. The molecule has 1 aliphatic heterocycles. The van der Waals surface area contributed by atoms with Gasteiger partial charge in [0, 0.05) is 13.1 Å². The Morgan fingerprint density at radius 1 is 1.25 bits per heavy atom. The van der Waals surface area contributed by atoms with E-state index in [4.69, 9.17) is 0 Å². The molecule has 1 aliphatic carbocycles. The molecular formula is C10H14F3NO2. The standard InChI is InChI=1S/C10H14F3NO2/c11-10(12,13)6-16-9(15)14-4-7-2-1-3-8(7)5-14/h7-8H,1-6H2/t7-,8?/m0/s1. The second kappa shape index (κ2) is 4.14. The summed E-state index contributed by atoms with van der Waals surface area (Å²) in [6.45, 7) is -0.375. The number of fused-ring (bicyclic) bond motifs is 1. The molecule has 1 saturated heterocycles. The van der Waals surface area contributed by atoms with E-state index in [2.05, 4.69) is 4.74 Å². The quantitative estimate of drug-likeness (QED) is 0.701. The van der Waals surface area contributed by atoms with E-state index < -0.39 is 18.9 Å². The van der Waals surface area contributed by atoms with Gasteiger partial charge < -0.3 is 9.64 Å². The zero-order valence-corrected chi connectivity index (χ0v) is 8.79. The summed E-state index contributed by atoms with van der Waals surface area (Å²) < 4.78 is 39.7. The smallest absolute Gasteiger partial charge is 0.422 e. The molecule has 92 valence electrons. The van der Waals surface area contributed by atoms with Crippen molar-refractivity contribution in [3.63, 3.8) is 0 Å². The lowest BCUT2D eigenvalue weighted by Crippen LogP contribution is -2.33. The van der Waals surface area contributed by atoms with Crippen LogP contribution in [0, 0.1) is 11.8 Å². The van der Waals surface area contributed by atoms with Crippen molar-refractivity contribution in [3.8, 4) is 0 Å². The number of likely N-dealkylation sites (tertiary alicyclic amines) is 1. The first kappa shape index (κ1) is 11.5. The highest BCUT2D eigenvalue weighted by Gasteiger charge is 2.39. The van der Waals surface area contributed by atoms with Gasteiger partial charge in [0.05, 0.1) is 0 Å². The Hall–Kier alpha value is -0.940. The highest BCUT2D eigenvalue weighted by atomic mass is 19.4. The molecule has 0 bridgehead atoms. The molecule has 1 heterocycles. The van der Waals surface area contributed by atoms with Crippen LogP contribution in [0.4, 0.5) is 18.0 Å². The van der Waals surface area contributed by atoms with Crippen molar-refractivity contribution >= 4 is 6.09 Å². The first-order valence-corrected chi connectivity index (χ1v) is 5.44. The van der Waals surface area contributed by atoms with E-state index in [9.17, 15) is 18.0 Å². The van der Waals surface area contributed by atoms with Crippen molar-refractivity contribution in [2.75, 3.05) is 19.7 Å². The van der Waals surface area contributed by atoms with Crippen molar-refractivity contribution in [3.05, 3.63) is 0 Å². The molecule has 2 fully saturated rings. The number of hydrogen-bond acceptors (Lipinski definition) is 2. The fourth-order valence-corrected chi connectivity index (χ4v) is 2.62. The molecule has 0 N–H and O–H groups in total. The highest BCUT2D eigenvalue weighted by molar-refractivity contribution is 5.68. The molecule has 0 aromatic carbocycles. The van der Waals surface area contributed by atoms with Gasteiger partial charge >= 0.3 is 12.3 Å². The molecule has 3 nitrogen and oxygen atoms in total. The van der Waals surface area contributed by atoms with Gasteiger partial charge in [-0.05, 0) is 24.7 Å². The van der Waals surface area contributed by atoms with Crippen LogP contribution in [-0.2, 0) is 4.74 Å². The van der Waals surface area contributed by atoms with Crippen molar-refractivity contribution in [2.45, 2.75) is 25.4 Å². The van der Waals surface area contributed by atoms with Gasteiger partial charge in [0.2, 0.25) is 0 Å². The number of ether oxygens (including phenoxy) is 1. The topological polar surface area (TPSA) is 29.5 Å². The van der Waals surface area contributed by atoms with Crippen molar-refractivity contribution in [1.29, 1.82) is 0 Å². The molecule has 1 amide bonds. The lowest BCUT2D eigenvalue weighted by atomic mass is 10.0. The van der Waals surface area contributed by atoms with Crippen LogP contribution < -0.4 is 0 Å². The van der Waals surface area contributed by atoms with Crippen molar-refractivity contribution in [1.82, 2.24) is 4.90 Å². The Morgan fingerprint density at radius 2 is 1.81 bits per heavy atom. The van der Waals surface area contributed by atoms with Crippen LogP contribution in [0.15, 0.2) is 0 Å². The maximum Gasteiger partial charge on any atom is 0.422 e. The fourth-order valence-electron chi connectivity index (χ4n) is 2.62. The Labute approximate surface area is 91.5 Å². The molecule has 2 aliphatic rings. The van der Waals surface area contributed by atoms with E-state index in [1.807, 2.05) is 0 Å². The maximum atomic E-state index is 11.8. The molecule has 16 heavy (non-hydrogen) atoms.